The van der Waals surface area contributed by atoms with Crippen LogP contribution in [0.15, 0.2) is 45.9 Å². The van der Waals surface area contributed by atoms with Crippen molar-refractivity contribution in [3.05, 3.63) is 47.0 Å². The molecule has 5 rings (SSSR count). The van der Waals surface area contributed by atoms with Crippen LogP contribution in [0.5, 0.6) is 5.75 Å². The van der Waals surface area contributed by atoms with E-state index >= 15 is 0 Å². The number of ether oxygens (including phenoxy) is 1. The predicted octanol–water partition coefficient (Wildman–Crippen LogP) is 4.36. The number of hydrogen-bond acceptors (Lipinski definition) is 7. The number of benzene rings is 2. The molecule has 1 saturated heterocycles. The number of sulfonamides is 1. The van der Waals surface area contributed by atoms with Crippen LogP contribution >= 0.6 is 11.6 Å². The smallest absolute Gasteiger partial charge is 0.243 e. The Morgan fingerprint density at radius 1 is 1.06 bits per heavy atom. The zero-order valence-corrected chi connectivity index (χ0v) is 19.7. The maximum atomic E-state index is 12.9. The number of nitrogens with zero attached hydrogens (tertiary/aromatic N) is 2. The minimum absolute atomic E-state index is 0.0675. The molecule has 1 aromatic heterocycles. The van der Waals surface area contributed by atoms with Gasteiger partial charge in [0, 0.05) is 17.6 Å². The molecular weight excluding hydrogens is 464 g/mol. The van der Waals surface area contributed by atoms with Crippen molar-refractivity contribution in [3.63, 3.8) is 0 Å². The van der Waals surface area contributed by atoms with Crippen molar-refractivity contribution in [2.45, 2.75) is 68.0 Å². The van der Waals surface area contributed by atoms with Gasteiger partial charge in [-0.05, 0) is 77.8 Å². The van der Waals surface area contributed by atoms with Gasteiger partial charge in [-0.1, -0.05) is 36.9 Å². The first-order valence-corrected chi connectivity index (χ1v) is 13.3. The van der Waals surface area contributed by atoms with Crippen molar-refractivity contribution >= 4 is 32.7 Å². The van der Waals surface area contributed by atoms with E-state index < -0.39 is 10.0 Å². The second kappa shape index (κ2) is 9.58. The molecule has 176 valence electrons. The summed E-state index contributed by atoms with van der Waals surface area (Å²) in [4.78, 5) is 0.0675. The zero-order valence-electron chi connectivity index (χ0n) is 18.2. The third-order valence-corrected chi connectivity index (χ3v) is 8.30. The van der Waals surface area contributed by atoms with Gasteiger partial charge in [0.2, 0.25) is 10.0 Å². The summed E-state index contributed by atoms with van der Waals surface area (Å²) in [5.74, 6) is 1.34. The molecule has 0 spiro atoms. The molecular formula is C23H27ClN4O4S. The SMILES string of the molecule is O=S(=O)(NC1CCC(Oc2ccc(Cl)cc2C2CCCCC2)NC1)c1cccc2nonc12. The van der Waals surface area contributed by atoms with Crippen molar-refractivity contribution in [2.75, 3.05) is 6.54 Å². The normalized spacial score (nSPS) is 22.5. The molecule has 2 heterocycles. The van der Waals surface area contributed by atoms with Crippen LogP contribution in [0.25, 0.3) is 11.0 Å². The summed E-state index contributed by atoms with van der Waals surface area (Å²) in [5, 5.41) is 11.5. The molecule has 2 atom stereocenters. The van der Waals surface area contributed by atoms with E-state index in [1.54, 1.807) is 12.1 Å². The average Bonchev–Trinajstić information content (AvgIpc) is 3.31. The fourth-order valence-electron chi connectivity index (χ4n) is 4.83. The van der Waals surface area contributed by atoms with Gasteiger partial charge in [-0.3, -0.25) is 5.32 Å². The minimum atomic E-state index is -3.77. The van der Waals surface area contributed by atoms with Gasteiger partial charge < -0.3 is 4.74 Å². The number of aromatic nitrogens is 2. The maximum absolute atomic E-state index is 12.9. The molecule has 1 aliphatic heterocycles. The summed E-state index contributed by atoms with van der Waals surface area (Å²) >= 11 is 6.29. The molecule has 33 heavy (non-hydrogen) atoms. The van der Waals surface area contributed by atoms with Gasteiger partial charge in [-0.25, -0.2) is 17.8 Å². The van der Waals surface area contributed by atoms with E-state index in [9.17, 15) is 8.42 Å². The third kappa shape index (κ3) is 5.01. The second-order valence-electron chi connectivity index (χ2n) is 8.82. The summed E-state index contributed by atoms with van der Waals surface area (Å²) in [6, 6.07) is 10.4. The molecule has 3 aromatic rings. The Labute approximate surface area is 198 Å². The molecule has 10 heteroatoms. The minimum Gasteiger partial charge on any atom is -0.475 e. The van der Waals surface area contributed by atoms with Gasteiger partial charge in [0.05, 0.1) is 0 Å². The van der Waals surface area contributed by atoms with Crippen molar-refractivity contribution in [2.24, 2.45) is 0 Å². The molecule has 0 bridgehead atoms. The summed E-state index contributed by atoms with van der Waals surface area (Å²) < 4.78 is 39.7. The van der Waals surface area contributed by atoms with Gasteiger partial charge >= 0.3 is 0 Å². The Bertz CT molecular complexity index is 1220. The molecule has 2 aliphatic rings. The quantitative estimate of drug-likeness (QED) is 0.528. The Morgan fingerprint density at radius 3 is 2.70 bits per heavy atom. The number of fused-ring (bicyclic) bond motifs is 1. The Hall–Kier alpha value is -2.20. The Morgan fingerprint density at radius 2 is 1.91 bits per heavy atom. The molecule has 0 radical (unpaired) electrons. The molecule has 1 aliphatic carbocycles. The summed E-state index contributed by atoms with van der Waals surface area (Å²) in [6.07, 6.45) is 7.22. The first kappa shape index (κ1) is 22.6. The van der Waals surface area contributed by atoms with E-state index in [4.69, 9.17) is 21.0 Å². The Kier molecular flexibility index (Phi) is 6.56. The highest BCUT2D eigenvalue weighted by Gasteiger charge is 2.29. The largest absolute Gasteiger partial charge is 0.475 e. The van der Waals surface area contributed by atoms with Gasteiger partial charge in [-0.15, -0.1) is 0 Å². The number of piperidine rings is 1. The van der Waals surface area contributed by atoms with Gasteiger partial charge in [-0.2, -0.15) is 0 Å². The lowest BCUT2D eigenvalue weighted by molar-refractivity contribution is 0.121. The van der Waals surface area contributed by atoms with E-state index in [0.29, 0.717) is 30.8 Å². The van der Waals surface area contributed by atoms with E-state index in [-0.39, 0.29) is 22.7 Å². The molecule has 8 nitrogen and oxygen atoms in total. The van der Waals surface area contributed by atoms with Crippen LogP contribution in [-0.2, 0) is 10.0 Å². The van der Waals surface area contributed by atoms with Gasteiger partial charge in [0.1, 0.15) is 22.4 Å². The first-order valence-electron chi connectivity index (χ1n) is 11.4. The number of nitrogens with one attached hydrogen (secondary N) is 2. The van der Waals surface area contributed by atoms with Gasteiger partial charge in [0.15, 0.2) is 5.52 Å². The lowest BCUT2D eigenvalue weighted by Crippen LogP contribution is -2.51. The summed E-state index contributed by atoms with van der Waals surface area (Å²) in [7, 11) is -3.77. The number of halogens is 1. The molecule has 2 unspecified atom stereocenters. The van der Waals surface area contributed by atoms with E-state index in [2.05, 4.69) is 20.4 Å². The fourth-order valence-corrected chi connectivity index (χ4v) is 6.43. The van der Waals surface area contributed by atoms with Crippen LogP contribution in [0.1, 0.15) is 56.4 Å². The predicted molar refractivity (Wildman–Crippen MR) is 125 cm³/mol. The zero-order chi connectivity index (χ0) is 22.8. The summed E-state index contributed by atoms with van der Waals surface area (Å²) in [5.41, 5.74) is 1.82. The molecule has 1 saturated carbocycles. The van der Waals surface area contributed by atoms with E-state index in [0.717, 1.165) is 23.6 Å². The second-order valence-corrected chi connectivity index (χ2v) is 10.9. The lowest BCUT2D eigenvalue weighted by Gasteiger charge is -2.32. The van der Waals surface area contributed by atoms with E-state index in [1.807, 2.05) is 18.2 Å². The van der Waals surface area contributed by atoms with Gasteiger partial charge in [0.25, 0.3) is 0 Å². The lowest BCUT2D eigenvalue weighted by atomic mass is 9.83. The van der Waals surface area contributed by atoms with Crippen LogP contribution < -0.4 is 14.8 Å². The highest BCUT2D eigenvalue weighted by Crippen LogP contribution is 2.39. The van der Waals surface area contributed by atoms with Crippen LogP contribution in [0.4, 0.5) is 0 Å². The maximum Gasteiger partial charge on any atom is 0.243 e. The highest BCUT2D eigenvalue weighted by atomic mass is 35.5. The highest BCUT2D eigenvalue weighted by molar-refractivity contribution is 7.89. The first-order chi connectivity index (χ1) is 16.0. The van der Waals surface area contributed by atoms with Crippen molar-refractivity contribution in [1.82, 2.24) is 20.4 Å². The molecule has 2 N–H and O–H groups in total. The van der Waals surface area contributed by atoms with Crippen molar-refractivity contribution < 1.29 is 17.8 Å². The molecule has 2 aromatic carbocycles. The van der Waals surface area contributed by atoms with Crippen molar-refractivity contribution in [1.29, 1.82) is 0 Å². The standard InChI is InChI=1S/C23H27ClN4O4S/c24-16-9-11-20(18(13-16)15-5-2-1-3-6-15)31-22-12-10-17(14-25-22)28-33(29,30)21-8-4-7-19-23(21)27-32-26-19/h4,7-9,11,13,15,17,22,25,28H,1-3,5-6,10,12,14H2. The topological polar surface area (TPSA) is 106 Å². The van der Waals surface area contributed by atoms with Crippen LogP contribution in [0, 0.1) is 0 Å². The average molecular weight is 491 g/mol. The fraction of sp³-hybridized carbons (Fsp3) is 0.478. The van der Waals surface area contributed by atoms with Crippen LogP contribution in [0.3, 0.4) is 0 Å². The van der Waals surface area contributed by atoms with Crippen LogP contribution in [0.2, 0.25) is 5.02 Å². The monoisotopic (exact) mass is 490 g/mol. The number of rotatable bonds is 6. The van der Waals surface area contributed by atoms with Crippen LogP contribution in [-0.4, -0.2) is 37.5 Å². The van der Waals surface area contributed by atoms with E-state index in [1.165, 1.54) is 30.9 Å². The molecule has 2 fully saturated rings. The number of hydrogen-bond donors (Lipinski definition) is 2. The summed E-state index contributed by atoms with van der Waals surface area (Å²) in [6.45, 7) is 0.462. The third-order valence-electron chi connectivity index (χ3n) is 6.52. The molecule has 0 amide bonds. The van der Waals surface area contributed by atoms with Crippen molar-refractivity contribution in [3.8, 4) is 5.75 Å². The Balaban J connectivity index is 1.23.